The molecule has 0 saturated carbocycles. The Morgan fingerprint density at radius 3 is 2.09 bits per heavy atom. The first-order chi connectivity index (χ1) is 4.87. The molecule has 0 spiro atoms. The lowest BCUT2D eigenvalue weighted by atomic mass is 10.5. The molecule has 0 aromatic heterocycles. The maximum Gasteiger partial charge on any atom is 0.297 e. The van der Waals surface area contributed by atoms with Gasteiger partial charge in [-0.3, -0.25) is 4.18 Å². The van der Waals surface area contributed by atoms with Gasteiger partial charge >= 0.3 is 0 Å². The monoisotopic (exact) mass is 206 g/mol. The van der Waals surface area contributed by atoms with E-state index in [-0.39, 0.29) is 6.42 Å². The average molecular weight is 206 g/mol. The molecule has 68 valence electrons. The molecular weight excluding hydrogens is 197 g/mol. The Balaban J connectivity index is 4.10. The summed E-state index contributed by atoms with van der Waals surface area (Å²) in [6, 6.07) is 0. The summed E-state index contributed by atoms with van der Waals surface area (Å²) in [6.45, 7) is 1.45. The summed E-state index contributed by atoms with van der Waals surface area (Å²) in [6.07, 6.45) is 0.764. The number of rotatable bonds is 4. The van der Waals surface area contributed by atoms with E-state index in [1.54, 1.807) is 0 Å². The molecule has 7 heteroatoms. The van der Waals surface area contributed by atoms with Crippen LogP contribution in [0.1, 0.15) is 13.3 Å². The van der Waals surface area contributed by atoms with Gasteiger partial charge in [0.25, 0.3) is 18.7 Å². The normalized spacial score (nSPS) is 15.4. The van der Waals surface area contributed by atoms with E-state index < -0.39 is 24.5 Å². The number of halogens is 2. The van der Waals surface area contributed by atoms with Crippen molar-refractivity contribution in [2.45, 2.75) is 19.2 Å². The van der Waals surface area contributed by atoms with Gasteiger partial charge in [0, 0.05) is 0 Å². The molecule has 0 aromatic rings. The maximum absolute atomic E-state index is 11.9. The topological polar surface area (TPSA) is 43.4 Å². The third-order valence-electron chi connectivity index (χ3n) is 0.853. The minimum atomic E-state index is -3.74. The highest BCUT2D eigenvalue weighted by Gasteiger charge is 2.24. The lowest BCUT2D eigenvalue weighted by Crippen LogP contribution is -2.12. The number of hydrogen-bond acceptors (Lipinski definition) is 3. The summed E-state index contributed by atoms with van der Waals surface area (Å²) in [5.41, 5.74) is 0. The van der Waals surface area contributed by atoms with Gasteiger partial charge in [0.2, 0.25) is 0 Å². The standard InChI is InChI=1S/C4H9F2O3PS/c1-3-4(10(5)6)9-11(2,7)8/h4H,3H2,1-2H3. The smallest absolute Gasteiger partial charge is 0.257 e. The van der Waals surface area contributed by atoms with Crippen molar-refractivity contribution in [3.63, 3.8) is 0 Å². The highest BCUT2D eigenvalue weighted by Crippen LogP contribution is 2.46. The minimum Gasteiger partial charge on any atom is -0.257 e. The molecule has 1 unspecified atom stereocenters. The zero-order chi connectivity index (χ0) is 9.07. The van der Waals surface area contributed by atoms with Gasteiger partial charge in [-0.25, -0.2) is 0 Å². The lowest BCUT2D eigenvalue weighted by Gasteiger charge is -2.10. The Hall–Kier alpha value is 0.200. The molecule has 0 N–H and O–H groups in total. The van der Waals surface area contributed by atoms with Crippen LogP contribution in [0.4, 0.5) is 8.39 Å². The summed E-state index contributed by atoms with van der Waals surface area (Å²) in [4.78, 5) is 0. The van der Waals surface area contributed by atoms with Crippen LogP contribution in [0.5, 0.6) is 0 Å². The highest BCUT2D eigenvalue weighted by atomic mass is 32.2. The SMILES string of the molecule is CCC(OS(C)(=O)=O)P(F)F. The first kappa shape index (κ1) is 11.2. The van der Waals surface area contributed by atoms with Gasteiger partial charge in [-0.1, -0.05) is 6.92 Å². The van der Waals surface area contributed by atoms with E-state index in [4.69, 9.17) is 0 Å². The Morgan fingerprint density at radius 1 is 1.55 bits per heavy atom. The van der Waals surface area contributed by atoms with E-state index in [9.17, 15) is 16.8 Å². The van der Waals surface area contributed by atoms with Gasteiger partial charge in [-0.05, 0) is 6.42 Å². The molecule has 11 heavy (non-hydrogen) atoms. The van der Waals surface area contributed by atoms with Crippen LogP contribution in [0.3, 0.4) is 0 Å². The molecule has 0 heterocycles. The molecule has 1 atom stereocenters. The zero-order valence-electron chi connectivity index (χ0n) is 6.12. The summed E-state index contributed by atoms with van der Waals surface area (Å²) >= 11 is 0. The van der Waals surface area contributed by atoms with Crippen molar-refractivity contribution in [2.75, 3.05) is 6.26 Å². The summed E-state index contributed by atoms with van der Waals surface area (Å²) in [5, 5.41) is 0. The van der Waals surface area contributed by atoms with Gasteiger partial charge in [0.05, 0.1) is 6.26 Å². The van der Waals surface area contributed by atoms with E-state index in [2.05, 4.69) is 4.18 Å². The van der Waals surface area contributed by atoms with Gasteiger partial charge in [-0.15, -0.1) is 0 Å². The van der Waals surface area contributed by atoms with Gasteiger partial charge in [0.1, 0.15) is 0 Å². The van der Waals surface area contributed by atoms with Crippen LogP contribution < -0.4 is 0 Å². The molecule has 0 radical (unpaired) electrons. The molecule has 0 rings (SSSR count). The predicted molar refractivity (Wildman–Crippen MR) is 39.1 cm³/mol. The second-order valence-corrected chi connectivity index (χ2v) is 4.62. The largest absolute Gasteiger partial charge is 0.297 e. The Labute approximate surface area is 65.9 Å². The second kappa shape index (κ2) is 4.28. The fraction of sp³-hybridized carbons (Fsp3) is 1.00. The molecule has 0 fully saturated rings. The van der Waals surface area contributed by atoms with E-state index in [0.29, 0.717) is 0 Å². The number of hydrogen-bond donors (Lipinski definition) is 0. The molecule has 0 aromatic carbocycles. The quantitative estimate of drug-likeness (QED) is 0.521. The summed E-state index contributed by atoms with van der Waals surface area (Å²) in [7, 11) is -7.07. The third-order valence-corrected chi connectivity index (χ3v) is 2.48. The van der Waals surface area contributed by atoms with Crippen molar-refractivity contribution in [2.24, 2.45) is 0 Å². The molecular formula is C4H9F2O3PS. The summed E-state index contributed by atoms with van der Waals surface area (Å²) < 4.78 is 48.6. The van der Waals surface area contributed by atoms with Gasteiger partial charge in [-0.2, -0.15) is 16.8 Å². The second-order valence-electron chi connectivity index (χ2n) is 1.92. The predicted octanol–water partition coefficient (Wildman–Crippen LogP) is 1.95. The van der Waals surface area contributed by atoms with Crippen molar-refractivity contribution in [1.82, 2.24) is 0 Å². The van der Waals surface area contributed by atoms with Crippen LogP contribution in [0.2, 0.25) is 0 Å². The van der Waals surface area contributed by atoms with Crippen molar-refractivity contribution in [1.29, 1.82) is 0 Å². The van der Waals surface area contributed by atoms with E-state index >= 15 is 0 Å². The minimum absolute atomic E-state index is 0.00573. The molecule has 0 amide bonds. The van der Waals surface area contributed by atoms with Crippen LogP contribution in [0.25, 0.3) is 0 Å². The van der Waals surface area contributed by atoms with Crippen molar-refractivity contribution >= 4 is 18.7 Å². The zero-order valence-corrected chi connectivity index (χ0v) is 7.83. The van der Waals surface area contributed by atoms with Gasteiger partial charge < -0.3 is 0 Å². The Bertz CT molecular complexity index is 203. The van der Waals surface area contributed by atoms with Crippen molar-refractivity contribution in [3.8, 4) is 0 Å². The van der Waals surface area contributed by atoms with Crippen LogP contribution in [0.15, 0.2) is 0 Å². The van der Waals surface area contributed by atoms with Crippen LogP contribution >= 0.6 is 8.54 Å². The van der Waals surface area contributed by atoms with Crippen LogP contribution in [-0.4, -0.2) is 20.5 Å². The molecule has 3 nitrogen and oxygen atoms in total. The molecule has 0 aliphatic carbocycles. The van der Waals surface area contributed by atoms with Crippen molar-refractivity contribution < 1.29 is 21.0 Å². The van der Waals surface area contributed by atoms with E-state index in [0.717, 1.165) is 6.26 Å². The third kappa shape index (κ3) is 5.47. The first-order valence-corrected chi connectivity index (χ1v) is 5.86. The average Bonchev–Trinajstić information content (AvgIpc) is 1.80. The van der Waals surface area contributed by atoms with Gasteiger partial charge in [0.15, 0.2) is 5.85 Å². The molecule has 0 bridgehead atoms. The highest BCUT2D eigenvalue weighted by molar-refractivity contribution is 7.86. The Morgan fingerprint density at radius 2 is 2.00 bits per heavy atom. The van der Waals surface area contributed by atoms with E-state index in [1.165, 1.54) is 6.92 Å². The van der Waals surface area contributed by atoms with Crippen LogP contribution in [0, 0.1) is 0 Å². The summed E-state index contributed by atoms with van der Waals surface area (Å²) in [5.74, 6) is -1.44. The maximum atomic E-state index is 11.9. The van der Waals surface area contributed by atoms with E-state index in [1.807, 2.05) is 0 Å². The lowest BCUT2D eigenvalue weighted by molar-refractivity contribution is 0.273. The van der Waals surface area contributed by atoms with Crippen molar-refractivity contribution in [3.05, 3.63) is 0 Å². The fourth-order valence-electron chi connectivity index (χ4n) is 0.440. The Kier molecular flexibility index (Phi) is 4.36. The molecule has 0 saturated heterocycles. The molecule has 0 aliphatic heterocycles. The van der Waals surface area contributed by atoms with Crippen LogP contribution in [-0.2, 0) is 14.3 Å². The fourth-order valence-corrected chi connectivity index (χ4v) is 1.99. The first-order valence-electron chi connectivity index (χ1n) is 2.86. The molecule has 0 aliphatic rings.